The Morgan fingerprint density at radius 2 is 1.97 bits per heavy atom. The molecule has 3 saturated carbocycles. The number of hydrogen-bond donors (Lipinski definition) is 3. The maximum atomic E-state index is 10.2. The van der Waals surface area contributed by atoms with Crippen LogP contribution in [0.4, 0.5) is 0 Å². The number of fused-ring (bicyclic) bond motifs is 1. The third-order valence-electron chi connectivity index (χ3n) is 8.01. The highest BCUT2D eigenvalue weighted by atomic mass is 16.5. The van der Waals surface area contributed by atoms with Crippen molar-refractivity contribution in [3.63, 3.8) is 0 Å². The van der Waals surface area contributed by atoms with Gasteiger partial charge in [-0.1, -0.05) is 50.0 Å². The molecule has 5 atom stereocenters. The average Bonchev–Trinajstić information content (AvgIpc) is 3.11. The van der Waals surface area contributed by atoms with Gasteiger partial charge in [0, 0.05) is 18.3 Å². The Hall–Kier alpha value is -1.38. The van der Waals surface area contributed by atoms with Gasteiger partial charge in [-0.3, -0.25) is 0 Å². The van der Waals surface area contributed by atoms with Crippen LogP contribution in [-0.2, 0) is 4.74 Å². The Kier molecular flexibility index (Phi) is 8.67. The molecule has 0 aromatic heterocycles. The van der Waals surface area contributed by atoms with E-state index in [0.29, 0.717) is 43.6 Å². The smallest absolute Gasteiger partial charge is 0.107 e. The lowest BCUT2D eigenvalue weighted by Crippen LogP contribution is -2.42. The fourth-order valence-electron chi connectivity index (χ4n) is 6.45. The van der Waals surface area contributed by atoms with Crippen LogP contribution in [0.2, 0.25) is 0 Å². The quantitative estimate of drug-likeness (QED) is 0.391. The van der Waals surface area contributed by atoms with Crippen molar-refractivity contribution >= 4 is 0 Å². The van der Waals surface area contributed by atoms with Gasteiger partial charge in [0.2, 0.25) is 0 Å². The minimum absolute atomic E-state index is 0.150. The Labute approximate surface area is 200 Å². The SMILES string of the molecule is C=C1/C(=C/C=C2\CCC[C@]3(COCC#CCC(C)(C)O)[C@@H](C(C)C)CC[C@@H]23)C[C@@H](O)C[C@@H]1O. The van der Waals surface area contributed by atoms with Gasteiger partial charge in [-0.05, 0) is 81.3 Å². The maximum absolute atomic E-state index is 10.2. The van der Waals surface area contributed by atoms with Gasteiger partial charge >= 0.3 is 0 Å². The largest absolute Gasteiger partial charge is 0.393 e. The van der Waals surface area contributed by atoms with Crippen molar-refractivity contribution in [3.05, 3.63) is 35.5 Å². The molecular formula is C29H44O4. The van der Waals surface area contributed by atoms with Crippen LogP contribution in [-0.4, -0.2) is 46.3 Å². The van der Waals surface area contributed by atoms with Gasteiger partial charge in [0.05, 0.1) is 24.4 Å². The van der Waals surface area contributed by atoms with Crippen molar-refractivity contribution in [3.8, 4) is 11.8 Å². The first-order valence-corrected chi connectivity index (χ1v) is 12.7. The molecule has 33 heavy (non-hydrogen) atoms. The minimum Gasteiger partial charge on any atom is -0.393 e. The highest BCUT2D eigenvalue weighted by Crippen LogP contribution is 2.59. The lowest BCUT2D eigenvalue weighted by Gasteiger charge is -2.46. The summed E-state index contributed by atoms with van der Waals surface area (Å²) >= 11 is 0. The molecule has 0 radical (unpaired) electrons. The normalized spacial score (nSPS) is 35.1. The number of aliphatic hydroxyl groups is 3. The summed E-state index contributed by atoms with van der Waals surface area (Å²) in [5.41, 5.74) is 2.59. The molecule has 3 aliphatic rings. The average molecular weight is 457 g/mol. The van der Waals surface area contributed by atoms with Crippen LogP contribution in [0, 0.1) is 35.0 Å². The van der Waals surface area contributed by atoms with Crippen molar-refractivity contribution in [2.45, 2.75) is 96.9 Å². The Balaban J connectivity index is 1.76. The summed E-state index contributed by atoms with van der Waals surface area (Å²) in [6.45, 7) is 13.4. The molecule has 184 valence electrons. The number of allylic oxidation sites excluding steroid dienone is 3. The predicted molar refractivity (Wildman–Crippen MR) is 133 cm³/mol. The molecule has 0 heterocycles. The summed E-state index contributed by atoms with van der Waals surface area (Å²) in [5, 5.41) is 30.1. The van der Waals surface area contributed by atoms with Gasteiger partial charge in [-0.25, -0.2) is 0 Å². The molecule has 0 unspecified atom stereocenters. The van der Waals surface area contributed by atoms with E-state index in [1.807, 2.05) is 0 Å². The Morgan fingerprint density at radius 1 is 1.21 bits per heavy atom. The van der Waals surface area contributed by atoms with Crippen LogP contribution in [0.15, 0.2) is 35.5 Å². The zero-order valence-corrected chi connectivity index (χ0v) is 21.1. The van der Waals surface area contributed by atoms with E-state index in [2.05, 4.69) is 44.4 Å². The van der Waals surface area contributed by atoms with Crippen molar-refractivity contribution in [2.75, 3.05) is 13.2 Å². The number of rotatable bonds is 6. The van der Waals surface area contributed by atoms with Gasteiger partial charge in [0.1, 0.15) is 6.61 Å². The highest BCUT2D eigenvalue weighted by molar-refractivity contribution is 5.38. The summed E-state index contributed by atoms with van der Waals surface area (Å²) in [4.78, 5) is 0. The monoisotopic (exact) mass is 456 g/mol. The van der Waals surface area contributed by atoms with E-state index >= 15 is 0 Å². The molecule has 4 nitrogen and oxygen atoms in total. The van der Waals surface area contributed by atoms with E-state index in [1.165, 1.54) is 24.8 Å². The first kappa shape index (κ1) is 26.2. The van der Waals surface area contributed by atoms with Crippen LogP contribution < -0.4 is 0 Å². The predicted octanol–water partition coefficient (Wildman–Crippen LogP) is 4.94. The van der Waals surface area contributed by atoms with Crippen LogP contribution in [0.25, 0.3) is 0 Å². The van der Waals surface area contributed by atoms with Crippen LogP contribution in [0.5, 0.6) is 0 Å². The molecule has 0 amide bonds. The van der Waals surface area contributed by atoms with Gasteiger partial charge < -0.3 is 20.1 Å². The molecule has 4 heteroatoms. The molecule has 0 aliphatic heterocycles. The summed E-state index contributed by atoms with van der Waals surface area (Å²) in [6.07, 6.45) is 10.5. The minimum atomic E-state index is -0.766. The second-order valence-corrected chi connectivity index (χ2v) is 11.5. The first-order chi connectivity index (χ1) is 15.5. The topological polar surface area (TPSA) is 69.9 Å². The van der Waals surface area contributed by atoms with Crippen molar-refractivity contribution in [1.29, 1.82) is 0 Å². The molecule has 3 rings (SSSR count). The standard InChI is InChI=1S/C29H44O4/c1-20(2)25-12-13-26-22(10-11-23-17-24(30)18-27(31)21(23)3)9-8-15-29(25,26)19-33-16-7-6-14-28(4,5)32/h10-11,20,24-27,30-32H,3,8-9,12-19H2,1-2,4-5H3/b22-10+,23-11+/t24-,25-,26+,27+,29+/m1/s1. The first-order valence-electron chi connectivity index (χ1n) is 12.7. The van der Waals surface area contributed by atoms with E-state index in [1.54, 1.807) is 13.8 Å². The van der Waals surface area contributed by atoms with Crippen LogP contribution >= 0.6 is 0 Å². The molecule has 0 aromatic rings. The molecule has 0 bridgehead atoms. The van der Waals surface area contributed by atoms with Gasteiger partial charge in [-0.15, -0.1) is 0 Å². The molecule has 0 saturated heterocycles. The number of aliphatic hydroxyl groups excluding tert-OH is 2. The van der Waals surface area contributed by atoms with E-state index < -0.39 is 17.8 Å². The molecular weight excluding hydrogens is 412 g/mol. The molecule has 3 N–H and O–H groups in total. The molecule has 3 fully saturated rings. The van der Waals surface area contributed by atoms with Crippen molar-refractivity contribution in [1.82, 2.24) is 0 Å². The third-order valence-corrected chi connectivity index (χ3v) is 8.01. The zero-order valence-electron chi connectivity index (χ0n) is 21.1. The van der Waals surface area contributed by atoms with E-state index in [9.17, 15) is 15.3 Å². The number of hydrogen-bond acceptors (Lipinski definition) is 4. The summed E-state index contributed by atoms with van der Waals surface area (Å²) in [5.74, 6) is 7.87. The van der Waals surface area contributed by atoms with Crippen LogP contribution in [0.3, 0.4) is 0 Å². The zero-order chi connectivity index (χ0) is 24.2. The molecule has 0 spiro atoms. The van der Waals surface area contributed by atoms with Gasteiger partial charge in [0.25, 0.3) is 0 Å². The van der Waals surface area contributed by atoms with Crippen LogP contribution in [0.1, 0.15) is 79.1 Å². The third kappa shape index (κ3) is 6.40. The van der Waals surface area contributed by atoms with Gasteiger partial charge in [0.15, 0.2) is 0 Å². The second-order valence-electron chi connectivity index (χ2n) is 11.5. The van der Waals surface area contributed by atoms with Gasteiger partial charge in [-0.2, -0.15) is 0 Å². The second kappa shape index (κ2) is 10.9. The van der Waals surface area contributed by atoms with E-state index in [-0.39, 0.29) is 5.41 Å². The highest BCUT2D eigenvalue weighted by Gasteiger charge is 2.53. The summed E-state index contributed by atoms with van der Waals surface area (Å²) < 4.78 is 6.18. The van der Waals surface area contributed by atoms with E-state index in [0.717, 1.165) is 30.6 Å². The lowest BCUT2D eigenvalue weighted by molar-refractivity contribution is -0.0180. The van der Waals surface area contributed by atoms with Crippen molar-refractivity contribution < 1.29 is 20.1 Å². The maximum Gasteiger partial charge on any atom is 0.107 e. The fourth-order valence-corrected chi connectivity index (χ4v) is 6.45. The van der Waals surface area contributed by atoms with Crippen molar-refractivity contribution in [2.24, 2.45) is 23.2 Å². The Morgan fingerprint density at radius 3 is 2.67 bits per heavy atom. The molecule has 0 aromatic carbocycles. The Bertz CT molecular complexity index is 819. The lowest BCUT2D eigenvalue weighted by atomic mass is 9.60. The van der Waals surface area contributed by atoms with E-state index in [4.69, 9.17) is 4.74 Å². The summed E-state index contributed by atoms with van der Waals surface area (Å²) in [6, 6.07) is 0. The summed E-state index contributed by atoms with van der Waals surface area (Å²) in [7, 11) is 0. The molecule has 3 aliphatic carbocycles. The fraction of sp³-hybridized carbons (Fsp3) is 0.724. The number of ether oxygens (including phenoxy) is 1.